The molecule has 1 amide bonds. The van der Waals surface area contributed by atoms with Crippen molar-refractivity contribution in [2.45, 2.75) is 209 Å². The highest BCUT2D eigenvalue weighted by Gasteiger charge is 2.50. The van der Waals surface area contributed by atoms with E-state index in [-0.39, 0.29) is 18.9 Å². The summed E-state index contributed by atoms with van der Waals surface area (Å²) in [6.45, 7) is 2.36. The van der Waals surface area contributed by atoms with Crippen molar-refractivity contribution in [1.82, 2.24) is 5.32 Å². The standard InChI is InChI=1S/C43H77NO13/c1-3-5-6-7-8-9-10-11-12-13-14-15-16-17-18-19-20-21-22-23-24-25-27-32(47)31(44-35(48)26-4-2)30-54-42-40(53)38(51)41(34(29-46)56-42)57-43-39(52)37(50)36(49)33(28-45)55-43/h17-18,21-22,25,27,31-34,36-43,45-47,49-53H,3-16,19-20,23-24,26,28-30H2,1-2H3,(H,44,48)/b18-17+,22-21+,27-25+. The van der Waals surface area contributed by atoms with Gasteiger partial charge < -0.3 is 65.1 Å². The Labute approximate surface area is 341 Å². The third-order valence-electron chi connectivity index (χ3n) is 10.5. The molecule has 2 saturated heterocycles. The summed E-state index contributed by atoms with van der Waals surface area (Å²) < 4.78 is 22.3. The molecule has 0 bridgehead atoms. The minimum Gasteiger partial charge on any atom is -0.394 e. The Morgan fingerprint density at radius 1 is 0.614 bits per heavy atom. The first-order valence-electron chi connectivity index (χ1n) is 21.7. The summed E-state index contributed by atoms with van der Waals surface area (Å²) in [6.07, 6.45) is 16.8. The SMILES string of the molecule is CCCCCCCCCCCCCC/C=C/CC/C=C/CC/C=C/C(O)C(COC1OC(CO)C(OC2OC(CO)C(O)C(O)C2O)C(O)C1O)NC(=O)CCC. The second kappa shape index (κ2) is 31.1. The fraction of sp³-hybridized carbons (Fsp3) is 0.837. The van der Waals surface area contributed by atoms with Gasteiger partial charge in [0, 0.05) is 6.42 Å². The summed E-state index contributed by atoms with van der Waals surface area (Å²) in [5, 5.41) is 85.4. The van der Waals surface area contributed by atoms with E-state index in [1.807, 2.05) is 13.0 Å². The molecule has 0 radical (unpaired) electrons. The molecule has 14 nitrogen and oxygen atoms in total. The zero-order valence-electron chi connectivity index (χ0n) is 34.6. The van der Waals surface area contributed by atoms with Crippen LogP contribution in [-0.4, -0.2) is 140 Å². The molecule has 0 aromatic rings. The lowest BCUT2D eigenvalue weighted by Gasteiger charge is -2.46. The zero-order valence-corrected chi connectivity index (χ0v) is 34.6. The van der Waals surface area contributed by atoms with Gasteiger partial charge in [-0.15, -0.1) is 0 Å². The summed E-state index contributed by atoms with van der Waals surface area (Å²) in [6, 6.07) is -0.929. The Kier molecular flexibility index (Phi) is 28.1. The predicted molar refractivity (Wildman–Crippen MR) is 217 cm³/mol. The van der Waals surface area contributed by atoms with Gasteiger partial charge in [0.05, 0.1) is 32.0 Å². The smallest absolute Gasteiger partial charge is 0.220 e. The lowest BCUT2D eigenvalue weighted by atomic mass is 9.97. The molecule has 57 heavy (non-hydrogen) atoms. The minimum atomic E-state index is -1.79. The average Bonchev–Trinajstić information content (AvgIpc) is 3.20. The molecule has 2 rings (SSSR count). The minimum absolute atomic E-state index is 0.219. The summed E-state index contributed by atoms with van der Waals surface area (Å²) in [5.41, 5.74) is 0. The summed E-state index contributed by atoms with van der Waals surface area (Å²) in [4.78, 5) is 12.5. The van der Waals surface area contributed by atoms with E-state index in [4.69, 9.17) is 18.9 Å². The number of carbonyl (C=O) groups excluding carboxylic acids is 1. The van der Waals surface area contributed by atoms with Crippen molar-refractivity contribution in [3.63, 3.8) is 0 Å². The quantitative estimate of drug-likeness (QED) is 0.0361. The molecular formula is C43H77NO13. The van der Waals surface area contributed by atoms with Gasteiger partial charge in [-0.05, 0) is 44.9 Å². The maximum atomic E-state index is 12.5. The van der Waals surface area contributed by atoms with Crippen LogP contribution in [-0.2, 0) is 23.7 Å². The Hall–Kier alpha value is -1.79. The molecule has 2 heterocycles. The van der Waals surface area contributed by atoms with Crippen LogP contribution in [0.15, 0.2) is 36.5 Å². The summed E-state index contributed by atoms with van der Waals surface area (Å²) in [7, 11) is 0. The van der Waals surface area contributed by atoms with Crippen LogP contribution in [0.4, 0.5) is 0 Å². The van der Waals surface area contributed by atoms with Gasteiger partial charge in [-0.2, -0.15) is 0 Å². The average molecular weight is 816 g/mol. The molecule has 2 aliphatic rings. The van der Waals surface area contributed by atoms with Crippen molar-refractivity contribution < 1.29 is 64.6 Å². The molecule has 332 valence electrons. The van der Waals surface area contributed by atoms with E-state index in [9.17, 15) is 45.6 Å². The largest absolute Gasteiger partial charge is 0.394 e. The van der Waals surface area contributed by atoms with Crippen LogP contribution in [0.1, 0.15) is 136 Å². The first-order chi connectivity index (χ1) is 27.6. The molecule has 0 aliphatic carbocycles. The normalized spacial score (nSPS) is 29.4. The number of aliphatic hydroxyl groups excluding tert-OH is 8. The Balaban J connectivity index is 1.73. The highest BCUT2D eigenvalue weighted by atomic mass is 16.7. The number of aliphatic hydroxyl groups is 8. The van der Waals surface area contributed by atoms with Crippen molar-refractivity contribution in [3.05, 3.63) is 36.5 Å². The van der Waals surface area contributed by atoms with Crippen LogP contribution in [0.25, 0.3) is 0 Å². The number of hydrogen-bond acceptors (Lipinski definition) is 13. The van der Waals surface area contributed by atoms with E-state index < -0.39 is 86.8 Å². The van der Waals surface area contributed by atoms with E-state index in [0.29, 0.717) is 12.8 Å². The van der Waals surface area contributed by atoms with Gasteiger partial charge in [0.25, 0.3) is 0 Å². The first-order valence-corrected chi connectivity index (χ1v) is 21.7. The number of unbranched alkanes of at least 4 members (excludes halogenated alkanes) is 14. The van der Waals surface area contributed by atoms with Gasteiger partial charge in [0.1, 0.15) is 48.8 Å². The summed E-state index contributed by atoms with van der Waals surface area (Å²) in [5.74, 6) is -0.309. The third kappa shape index (κ3) is 19.9. The Bertz CT molecular complexity index is 1100. The number of nitrogens with one attached hydrogen (secondary N) is 1. The molecule has 0 aromatic heterocycles. The number of amides is 1. The van der Waals surface area contributed by atoms with Crippen LogP contribution in [0.3, 0.4) is 0 Å². The van der Waals surface area contributed by atoms with Crippen LogP contribution in [0.2, 0.25) is 0 Å². The van der Waals surface area contributed by atoms with Gasteiger partial charge in [-0.1, -0.05) is 121 Å². The maximum Gasteiger partial charge on any atom is 0.220 e. The van der Waals surface area contributed by atoms with Crippen LogP contribution in [0, 0.1) is 0 Å². The topological polar surface area (TPSA) is 228 Å². The van der Waals surface area contributed by atoms with E-state index in [1.165, 1.54) is 77.0 Å². The molecule has 0 spiro atoms. The van der Waals surface area contributed by atoms with E-state index in [2.05, 4.69) is 36.5 Å². The summed E-state index contributed by atoms with van der Waals surface area (Å²) >= 11 is 0. The van der Waals surface area contributed by atoms with E-state index in [1.54, 1.807) is 6.08 Å². The second-order valence-corrected chi connectivity index (χ2v) is 15.5. The van der Waals surface area contributed by atoms with Crippen molar-refractivity contribution in [3.8, 4) is 0 Å². The van der Waals surface area contributed by atoms with Crippen molar-refractivity contribution >= 4 is 5.91 Å². The fourth-order valence-corrected chi connectivity index (χ4v) is 6.95. The van der Waals surface area contributed by atoms with Gasteiger partial charge in [-0.3, -0.25) is 4.79 Å². The number of allylic oxidation sites excluding steroid dienone is 5. The highest BCUT2D eigenvalue weighted by Crippen LogP contribution is 2.29. The molecule has 14 heteroatoms. The Morgan fingerprint density at radius 3 is 1.68 bits per heavy atom. The second-order valence-electron chi connectivity index (χ2n) is 15.5. The van der Waals surface area contributed by atoms with Gasteiger partial charge >= 0.3 is 0 Å². The van der Waals surface area contributed by atoms with Gasteiger partial charge in [0.2, 0.25) is 5.91 Å². The van der Waals surface area contributed by atoms with Crippen LogP contribution in [0.5, 0.6) is 0 Å². The number of hydrogen-bond donors (Lipinski definition) is 9. The molecular weight excluding hydrogens is 738 g/mol. The molecule has 2 aliphatic heterocycles. The van der Waals surface area contributed by atoms with Gasteiger partial charge in [-0.25, -0.2) is 0 Å². The van der Waals surface area contributed by atoms with E-state index >= 15 is 0 Å². The Morgan fingerprint density at radius 2 is 1.12 bits per heavy atom. The first kappa shape index (κ1) is 51.4. The number of rotatable bonds is 31. The third-order valence-corrected chi connectivity index (χ3v) is 10.5. The maximum absolute atomic E-state index is 12.5. The van der Waals surface area contributed by atoms with Crippen LogP contribution >= 0.6 is 0 Å². The van der Waals surface area contributed by atoms with Crippen molar-refractivity contribution in [2.75, 3.05) is 19.8 Å². The van der Waals surface area contributed by atoms with Crippen molar-refractivity contribution in [1.29, 1.82) is 0 Å². The molecule has 12 atom stereocenters. The lowest BCUT2D eigenvalue weighted by Crippen LogP contribution is -2.65. The molecule has 9 N–H and O–H groups in total. The predicted octanol–water partition coefficient (Wildman–Crippen LogP) is 3.59. The molecule has 0 saturated carbocycles. The molecule has 2 fully saturated rings. The highest BCUT2D eigenvalue weighted by molar-refractivity contribution is 5.76. The number of ether oxygens (including phenoxy) is 4. The van der Waals surface area contributed by atoms with Gasteiger partial charge in [0.15, 0.2) is 12.6 Å². The van der Waals surface area contributed by atoms with Crippen LogP contribution < -0.4 is 5.32 Å². The van der Waals surface area contributed by atoms with Crippen molar-refractivity contribution in [2.24, 2.45) is 0 Å². The number of carbonyl (C=O) groups is 1. The van der Waals surface area contributed by atoms with E-state index in [0.717, 1.165) is 25.7 Å². The lowest BCUT2D eigenvalue weighted by molar-refractivity contribution is -0.359. The fourth-order valence-electron chi connectivity index (χ4n) is 6.95. The monoisotopic (exact) mass is 816 g/mol. The zero-order chi connectivity index (χ0) is 41.8. The molecule has 0 aromatic carbocycles. The molecule has 12 unspecified atom stereocenters.